The predicted octanol–water partition coefficient (Wildman–Crippen LogP) is 3.47. The fourth-order valence-corrected chi connectivity index (χ4v) is 3.69. The number of morpholine rings is 1. The van der Waals surface area contributed by atoms with Crippen LogP contribution < -0.4 is 4.90 Å². The smallest absolute Gasteiger partial charge is 0.362 e. The van der Waals surface area contributed by atoms with Gasteiger partial charge in [0.2, 0.25) is 0 Å². The van der Waals surface area contributed by atoms with Crippen LogP contribution in [0.4, 0.5) is 19.0 Å². The molecule has 1 aliphatic heterocycles. The Balaban J connectivity index is 1.48. The number of rotatable bonds is 3. The van der Waals surface area contributed by atoms with Crippen LogP contribution in [0.25, 0.3) is 16.9 Å². The number of aromatic nitrogens is 6. The van der Waals surface area contributed by atoms with Gasteiger partial charge in [-0.05, 0) is 38.1 Å². The molecule has 166 valence electrons. The molecule has 0 amide bonds. The highest BCUT2D eigenvalue weighted by Crippen LogP contribution is 2.31. The van der Waals surface area contributed by atoms with Crippen molar-refractivity contribution in [2.45, 2.75) is 32.2 Å². The summed E-state index contributed by atoms with van der Waals surface area (Å²) in [6, 6.07) is 5.71. The molecule has 0 saturated carbocycles. The first kappa shape index (κ1) is 20.4. The minimum absolute atomic E-state index is 0.127. The van der Waals surface area contributed by atoms with Crippen LogP contribution in [0.15, 0.2) is 41.2 Å². The highest BCUT2D eigenvalue weighted by Gasteiger charge is 2.34. The Labute approximate surface area is 179 Å². The number of halogens is 3. The molecule has 0 radical (unpaired) electrons. The van der Waals surface area contributed by atoms with Gasteiger partial charge in [-0.25, -0.2) is 14.5 Å². The van der Waals surface area contributed by atoms with E-state index in [-0.39, 0.29) is 6.10 Å². The van der Waals surface area contributed by atoms with E-state index in [0.29, 0.717) is 47.5 Å². The fourth-order valence-electron chi connectivity index (χ4n) is 3.69. The second-order valence-corrected chi connectivity index (χ2v) is 7.55. The predicted molar refractivity (Wildman–Crippen MR) is 106 cm³/mol. The monoisotopic (exact) mass is 445 g/mol. The number of fused-ring (bicyclic) bond motifs is 1. The van der Waals surface area contributed by atoms with Crippen LogP contribution in [0.5, 0.6) is 0 Å². The molecule has 32 heavy (non-hydrogen) atoms. The summed E-state index contributed by atoms with van der Waals surface area (Å²) in [6.07, 6.45) is -2.00. The van der Waals surface area contributed by atoms with Gasteiger partial charge in [-0.1, -0.05) is 5.16 Å². The van der Waals surface area contributed by atoms with E-state index < -0.39 is 18.0 Å². The van der Waals surface area contributed by atoms with Gasteiger partial charge in [0.05, 0.1) is 24.5 Å². The van der Waals surface area contributed by atoms with E-state index in [4.69, 9.17) is 9.26 Å². The summed E-state index contributed by atoms with van der Waals surface area (Å²) in [6.45, 7) is 4.67. The van der Waals surface area contributed by atoms with Crippen molar-refractivity contribution in [1.29, 1.82) is 0 Å². The van der Waals surface area contributed by atoms with Crippen molar-refractivity contribution in [2.24, 2.45) is 0 Å². The number of pyridine rings is 1. The van der Waals surface area contributed by atoms with E-state index in [2.05, 4.69) is 25.2 Å². The van der Waals surface area contributed by atoms with Gasteiger partial charge in [0.1, 0.15) is 5.82 Å². The van der Waals surface area contributed by atoms with Crippen LogP contribution in [-0.4, -0.2) is 48.9 Å². The highest BCUT2D eigenvalue weighted by molar-refractivity contribution is 5.66. The summed E-state index contributed by atoms with van der Waals surface area (Å²) in [4.78, 5) is 14.9. The van der Waals surface area contributed by atoms with Gasteiger partial charge in [0.15, 0.2) is 23.3 Å². The largest absolute Gasteiger partial charge is 0.435 e. The Bertz CT molecular complexity index is 1270. The lowest BCUT2D eigenvalue weighted by Gasteiger charge is -2.36. The van der Waals surface area contributed by atoms with Gasteiger partial charge in [0, 0.05) is 18.3 Å². The number of aryl methyl sites for hydroxylation is 1. The number of imidazole rings is 1. The molecule has 0 bridgehead atoms. The summed E-state index contributed by atoms with van der Waals surface area (Å²) in [5.41, 5.74) is 0.398. The van der Waals surface area contributed by atoms with Crippen molar-refractivity contribution in [3.05, 3.63) is 54.1 Å². The van der Waals surface area contributed by atoms with E-state index in [1.807, 2.05) is 11.8 Å². The summed E-state index contributed by atoms with van der Waals surface area (Å²) in [7, 11) is 0. The quantitative estimate of drug-likeness (QED) is 0.473. The average molecular weight is 445 g/mol. The first-order valence-electron chi connectivity index (χ1n) is 9.87. The summed E-state index contributed by atoms with van der Waals surface area (Å²) in [5, 5.41) is 7.56. The fraction of sp³-hybridized carbons (Fsp3) is 0.350. The van der Waals surface area contributed by atoms with E-state index in [0.717, 1.165) is 6.07 Å². The molecule has 5 heterocycles. The number of nitrogens with zero attached hydrogens (tertiary/aromatic N) is 7. The molecule has 0 unspecified atom stereocenters. The maximum absolute atomic E-state index is 13.1. The van der Waals surface area contributed by atoms with E-state index in [9.17, 15) is 13.2 Å². The molecule has 9 nitrogen and oxygen atoms in total. The molecular weight excluding hydrogens is 427 g/mol. The first-order valence-corrected chi connectivity index (χ1v) is 9.87. The number of hydrogen-bond donors (Lipinski definition) is 0. The molecule has 0 aliphatic carbocycles. The van der Waals surface area contributed by atoms with Gasteiger partial charge in [-0.2, -0.15) is 23.3 Å². The lowest BCUT2D eigenvalue weighted by molar-refractivity contribution is -0.141. The van der Waals surface area contributed by atoms with Crippen molar-refractivity contribution in [3.8, 4) is 11.3 Å². The van der Waals surface area contributed by atoms with Crippen molar-refractivity contribution in [1.82, 2.24) is 29.7 Å². The number of alkyl halides is 3. The molecule has 0 aromatic carbocycles. The van der Waals surface area contributed by atoms with Crippen molar-refractivity contribution in [3.63, 3.8) is 0 Å². The van der Waals surface area contributed by atoms with Crippen LogP contribution in [0.2, 0.25) is 0 Å². The Kier molecular flexibility index (Phi) is 4.81. The van der Waals surface area contributed by atoms with Gasteiger partial charge in [-0.15, -0.1) is 0 Å². The second kappa shape index (κ2) is 7.55. The minimum Gasteiger partial charge on any atom is -0.362 e. The average Bonchev–Trinajstić information content (AvgIpc) is 3.38. The van der Waals surface area contributed by atoms with Crippen LogP contribution in [0.3, 0.4) is 0 Å². The van der Waals surface area contributed by atoms with Gasteiger partial charge in [-0.3, -0.25) is 0 Å². The van der Waals surface area contributed by atoms with Crippen molar-refractivity contribution >= 4 is 11.5 Å². The third-order valence-electron chi connectivity index (χ3n) is 5.10. The maximum Gasteiger partial charge on any atom is 0.435 e. The summed E-state index contributed by atoms with van der Waals surface area (Å²) < 4.78 is 51.8. The molecule has 1 aliphatic rings. The molecule has 4 aromatic rings. The minimum atomic E-state index is -4.55. The molecular formula is C20H18F3N7O2. The van der Waals surface area contributed by atoms with Gasteiger partial charge in [0.25, 0.3) is 5.89 Å². The summed E-state index contributed by atoms with van der Waals surface area (Å²) in [5.74, 6) is 1.55. The Hall–Kier alpha value is -3.54. The van der Waals surface area contributed by atoms with Crippen LogP contribution in [-0.2, 0) is 10.9 Å². The molecule has 5 rings (SSSR count). The Morgan fingerprint density at radius 2 is 1.97 bits per heavy atom. The number of hydrogen-bond acceptors (Lipinski definition) is 8. The second-order valence-electron chi connectivity index (χ2n) is 7.55. The van der Waals surface area contributed by atoms with Gasteiger partial charge < -0.3 is 14.2 Å². The third kappa shape index (κ3) is 3.77. The van der Waals surface area contributed by atoms with Crippen LogP contribution in [0.1, 0.15) is 30.4 Å². The molecule has 0 spiro atoms. The molecule has 0 N–H and O–H groups in total. The first-order chi connectivity index (χ1) is 15.3. The highest BCUT2D eigenvalue weighted by atomic mass is 19.4. The molecule has 4 aromatic heterocycles. The third-order valence-corrected chi connectivity index (χ3v) is 5.10. The van der Waals surface area contributed by atoms with Crippen molar-refractivity contribution in [2.75, 3.05) is 18.0 Å². The number of anilines is 1. The van der Waals surface area contributed by atoms with Crippen LogP contribution in [0, 0.1) is 6.92 Å². The van der Waals surface area contributed by atoms with E-state index in [1.165, 1.54) is 16.8 Å². The lowest BCUT2D eigenvalue weighted by Crippen LogP contribution is -2.43. The maximum atomic E-state index is 13.1. The Morgan fingerprint density at radius 3 is 2.72 bits per heavy atom. The normalized spacial score (nSPS) is 19.6. The summed E-state index contributed by atoms with van der Waals surface area (Å²) >= 11 is 0. The zero-order valence-electron chi connectivity index (χ0n) is 17.1. The molecule has 1 fully saturated rings. The lowest BCUT2D eigenvalue weighted by atomic mass is 10.1. The molecule has 2 atom stereocenters. The Morgan fingerprint density at radius 1 is 1.12 bits per heavy atom. The zero-order valence-corrected chi connectivity index (χ0v) is 17.1. The topological polar surface area (TPSA) is 94.5 Å². The standard InChI is InChI=1S/C20H18F3N7O2/c1-11-9-29(10-15(31-11)19-26-12(2)28-32-19)18-7-13(5-6-24-18)14-8-25-17-4-3-16(20(21,22)23)27-30(14)17/h3-8,11,15H,9-10H2,1-2H3/t11-,15+/m1/s1. The van der Waals surface area contributed by atoms with Crippen molar-refractivity contribution < 1.29 is 22.4 Å². The van der Waals surface area contributed by atoms with Crippen LogP contribution >= 0.6 is 0 Å². The molecule has 1 saturated heterocycles. The SMILES string of the molecule is Cc1noc([C@@H]2CN(c3cc(-c4cnc5ccc(C(F)(F)F)nn45)ccn3)C[C@@H](C)O2)n1. The van der Waals surface area contributed by atoms with E-state index in [1.54, 1.807) is 25.3 Å². The zero-order chi connectivity index (χ0) is 22.5. The van der Waals surface area contributed by atoms with E-state index >= 15 is 0 Å². The molecule has 12 heteroatoms. The number of ether oxygens (including phenoxy) is 1. The van der Waals surface area contributed by atoms with Gasteiger partial charge >= 0.3 is 6.18 Å².